The third-order valence-corrected chi connectivity index (χ3v) is 4.87. The molecule has 27 heavy (non-hydrogen) atoms. The Labute approximate surface area is 161 Å². The normalized spacial score (nSPS) is 17.7. The molecule has 0 amide bonds. The average Bonchev–Trinajstić information content (AvgIpc) is 2.70. The van der Waals surface area contributed by atoms with Crippen LogP contribution in [0.4, 0.5) is 11.8 Å². The number of aliphatic hydroxyl groups is 1. The van der Waals surface area contributed by atoms with Crippen LogP contribution in [0.5, 0.6) is 5.75 Å². The minimum Gasteiger partial charge on any atom is -0.497 e. The van der Waals surface area contributed by atoms with Crippen LogP contribution in [-0.2, 0) is 6.54 Å². The summed E-state index contributed by atoms with van der Waals surface area (Å²) >= 11 is 0. The summed E-state index contributed by atoms with van der Waals surface area (Å²) in [5.41, 5.74) is 1.22. The molecule has 0 bridgehead atoms. The zero-order chi connectivity index (χ0) is 19.1. The minimum absolute atomic E-state index is 0.172. The summed E-state index contributed by atoms with van der Waals surface area (Å²) in [6.45, 7) is 6.46. The van der Waals surface area contributed by atoms with Gasteiger partial charge >= 0.3 is 0 Å². The molecule has 0 radical (unpaired) electrons. The molecule has 1 fully saturated rings. The summed E-state index contributed by atoms with van der Waals surface area (Å²) in [6.07, 6.45) is 2.53. The van der Waals surface area contributed by atoms with Gasteiger partial charge in [0, 0.05) is 51.6 Å². The SMILES string of the molecule is CCNc1ccnc(N2CCN(Cc3cccc(OC)c3)C(CCO)C2)n1. The first kappa shape index (κ1) is 19.4. The Balaban J connectivity index is 1.70. The highest BCUT2D eigenvalue weighted by Gasteiger charge is 2.28. The Kier molecular flexibility index (Phi) is 6.84. The molecule has 7 heteroatoms. The lowest BCUT2D eigenvalue weighted by atomic mass is 10.1. The molecule has 1 aromatic carbocycles. The van der Waals surface area contributed by atoms with Crippen molar-refractivity contribution < 1.29 is 9.84 Å². The second kappa shape index (κ2) is 9.53. The number of piperazine rings is 1. The number of anilines is 2. The number of rotatable bonds is 8. The molecule has 1 aliphatic rings. The quantitative estimate of drug-likeness (QED) is 0.735. The van der Waals surface area contributed by atoms with Gasteiger partial charge in [0.2, 0.25) is 5.95 Å². The number of nitrogens with one attached hydrogen (secondary N) is 1. The molecule has 146 valence electrons. The molecular weight excluding hydrogens is 342 g/mol. The van der Waals surface area contributed by atoms with E-state index in [0.717, 1.165) is 56.7 Å². The van der Waals surface area contributed by atoms with Gasteiger partial charge in [-0.05, 0) is 37.1 Å². The van der Waals surface area contributed by atoms with E-state index in [1.807, 2.05) is 18.2 Å². The molecule has 1 saturated heterocycles. The van der Waals surface area contributed by atoms with Crippen molar-refractivity contribution in [2.24, 2.45) is 0 Å². The van der Waals surface area contributed by atoms with E-state index in [4.69, 9.17) is 4.74 Å². The predicted molar refractivity (Wildman–Crippen MR) is 107 cm³/mol. The van der Waals surface area contributed by atoms with Crippen LogP contribution in [-0.4, -0.2) is 65.9 Å². The van der Waals surface area contributed by atoms with E-state index < -0.39 is 0 Å². The zero-order valence-corrected chi connectivity index (χ0v) is 16.1. The molecule has 0 aliphatic carbocycles. The Morgan fingerprint density at radius 3 is 2.96 bits per heavy atom. The van der Waals surface area contributed by atoms with Crippen LogP contribution in [0.3, 0.4) is 0 Å². The first-order chi connectivity index (χ1) is 13.2. The standard InChI is InChI=1S/C20H29N5O2/c1-3-21-19-7-9-22-20(23-19)25-11-10-24(17(15-25)8-12-26)14-16-5-4-6-18(13-16)27-2/h4-7,9,13,17,26H,3,8,10-12,14-15H2,1-2H3,(H,21,22,23). The van der Waals surface area contributed by atoms with E-state index in [2.05, 4.69) is 44.1 Å². The lowest BCUT2D eigenvalue weighted by Crippen LogP contribution is -2.53. The van der Waals surface area contributed by atoms with Crippen molar-refractivity contribution in [3.63, 3.8) is 0 Å². The Hall–Kier alpha value is -2.38. The zero-order valence-electron chi connectivity index (χ0n) is 16.1. The van der Waals surface area contributed by atoms with Gasteiger partial charge in [0.25, 0.3) is 0 Å². The van der Waals surface area contributed by atoms with Gasteiger partial charge in [-0.15, -0.1) is 0 Å². The fourth-order valence-electron chi connectivity index (χ4n) is 3.49. The predicted octanol–water partition coefficient (Wildman–Crippen LogP) is 1.99. The highest BCUT2D eigenvalue weighted by atomic mass is 16.5. The highest BCUT2D eigenvalue weighted by Crippen LogP contribution is 2.22. The summed E-state index contributed by atoms with van der Waals surface area (Å²) in [5.74, 6) is 2.47. The van der Waals surface area contributed by atoms with E-state index in [1.54, 1.807) is 13.3 Å². The molecule has 2 aromatic rings. The topological polar surface area (TPSA) is 73.8 Å². The number of ether oxygens (including phenoxy) is 1. The van der Waals surface area contributed by atoms with E-state index in [1.165, 1.54) is 5.56 Å². The van der Waals surface area contributed by atoms with Crippen LogP contribution in [0.25, 0.3) is 0 Å². The highest BCUT2D eigenvalue weighted by molar-refractivity contribution is 5.41. The summed E-state index contributed by atoms with van der Waals surface area (Å²) in [4.78, 5) is 13.7. The van der Waals surface area contributed by atoms with Crippen molar-refractivity contribution >= 4 is 11.8 Å². The van der Waals surface area contributed by atoms with Crippen molar-refractivity contribution in [1.82, 2.24) is 14.9 Å². The number of aromatic nitrogens is 2. The third kappa shape index (κ3) is 5.08. The number of nitrogens with zero attached hydrogens (tertiary/aromatic N) is 4. The molecule has 0 spiro atoms. The minimum atomic E-state index is 0.172. The van der Waals surface area contributed by atoms with Crippen LogP contribution < -0.4 is 15.0 Å². The van der Waals surface area contributed by atoms with Crippen molar-refractivity contribution in [2.45, 2.75) is 25.9 Å². The largest absolute Gasteiger partial charge is 0.497 e. The Morgan fingerprint density at radius 2 is 2.19 bits per heavy atom. The lowest BCUT2D eigenvalue weighted by Gasteiger charge is -2.41. The van der Waals surface area contributed by atoms with E-state index in [9.17, 15) is 5.11 Å². The van der Waals surface area contributed by atoms with Gasteiger partial charge < -0.3 is 20.1 Å². The number of aliphatic hydroxyl groups excluding tert-OH is 1. The van der Waals surface area contributed by atoms with Crippen molar-refractivity contribution in [2.75, 3.05) is 50.1 Å². The molecule has 1 aromatic heterocycles. The third-order valence-electron chi connectivity index (χ3n) is 4.87. The van der Waals surface area contributed by atoms with Crippen molar-refractivity contribution in [3.05, 3.63) is 42.1 Å². The molecule has 2 N–H and O–H groups in total. The van der Waals surface area contributed by atoms with Crippen LogP contribution in [0.2, 0.25) is 0 Å². The van der Waals surface area contributed by atoms with Gasteiger partial charge in [0.05, 0.1) is 7.11 Å². The van der Waals surface area contributed by atoms with Gasteiger partial charge in [0.15, 0.2) is 0 Å². The molecule has 1 aliphatic heterocycles. The molecule has 1 unspecified atom stereocenters. The number of hydrogen-bond acceptors (Lipinski definition) is 7. The fourth-order valence-corrected chi connectivity index (χ4v) is 3.49. The first-order valence-corrected chi connectivity index (χ1v) is 9.53. The van der Waals surface area contributed by atoms with Crippen LogP contribution >= 0.6 is 0 Å². The summed E-state index contributed by atoms with van der Waals surface area (Å²) in [5, 5.41) is 12.8. The molecule has 3 rings (SSSR count). The first-order valence-electron chi connectivity index (χ1n) is 9.53. The molecule has 1 atom stereocenters. The summed E-state index contributed by atoms with van der Waals surface area (Å²) in [6, 6.07) is 10.3. The summed E-state index contributed by atoms with van der Waals surface area (Å²) in [7, 11) is 1.69. The Morgan fingerprint density at radius 1 is 1.30 bits per heavy atom. The molecule has 0 saturated carbocycles. The average molecular weight is 371 g/mol. The van der Waals surface area contributed by atoms with Crippen LogP contribution in [0.1, 0.15) is 18.9 Å². The molecule has 2 heterocycles. The maximum absolute atomic E-state index is 9.55. The second-order valence-corrected chi connectivity index (χ2v) is 6.71. The van der Waals surface area contributed by atoms with Crippen LogP contribution in [0.15, 0.2) is 36.5 Å². The van der Waals surface area contributed by atoms with Crippen molar-refractivity contribution in [3.8, 4) is 5.75 Å². The second-order valence-electron chi connectivity index (χ2n) is 6.71. The Bertz CT molecular complexity index is 727. The van der Waals surface area contributed by atoms with E-state index >= 15 is 0 Å². The van der Waals surface area contributed by atoms with Gasteiger partial charge in [-0.25, -0.2) is 4.98 Å². The number of methoxy groups -OCH3 is 1. The number of benzene rings is 1. The summed E-state index contributed by atoms with van der Waals surface area (Å²) < 4.78 is 5.34. The van der Waals surface area contributed by atoms with Crippen LogP contribution in [0, 0.1) is 0 Å². The smallest absolute Gasteiger partial charge is 0.227 e. The lowest BCUT2D eigenvalue weighted by molar-refractivity contribution is 0.135. The van der Waals surface area contributed by atoms with Crippen molar-refractivity contribution in [1.29, 1.82) is 0 Å². The van der Waals surface area contributed by atoms with E-state index in [-0.39, 0.29) is 12.6 Å². The molecular formula is C20H29N5O2. The fraction of sp³-hybridized carbons (Fsp3) is 0.500. The molecule has 7 nitrogen and oxygen atoms in total. The number of hydrogen-bond donors (Lipinski definition) is 2. The van der Waals surface area contributed by atoms with Gasteiger partial charge in [-0.3, -0.25) is 4.90 Å². The maximum Gasteiger partial charge on any atom is 0.227 e. The van der Waals surface area contributed by atoms with Gasteiger partial charge in [-0.2, -0.15) is 4.98 Å². The van der Waals surface area contributed by atoms with Gasteiger partial charge in [-0.1, -0.05) is 12.1 Å². The van der Waals surface area contributed by atoms with E-state index in [0.29, 0.717) is 0 Å². The van der Waals surface area contributed by atoms with Gasteiger partial charge in [0.1, 0.15) is 11.6 Å². The maximum atomic E-state index is 9.55. The monoisotopic (exact) mass is 371 g/mol.